The molecule has 1 aliphatic rings. The SMILES string of the molecule is CN(C)c1ccc(C2Nc3ccccc3C(=O)N2NC(=O)CCc2ccccc2)cc1. The lowest BCUT2D eigenvalue weighted by atomic mass is 10.0. The van der Waals surface area contributed by atoms with Crippen LogP contribution in [0.2, 0.25) is 0 Å². The number of carbonyl (C=O) groups is 2. The van der Waals surface area contributed by atoms with Crippen LogP contribution in [0.15, 0.2) is 78.9 Å². The number of para-hydroxylation sites is 1. The lowest BCUT2D eigenvalue weighted by Gasteiger charge is -2.38. The van der Waals surface area contributed by atoms with Gasteiger partial charge < -0.3 is 10.2 Å². The van der Waals surface area contributed by atoms with Gasteiger partial charge in [-0.3, -0.25) is 15.0 Å². The average molecular weight is 415 g/mol. The van der Waals surface area contributed by atoms with Gasteiger partial charge in [0.05, 0.1) is 5.56 Å². The zero-order valence-corrected chi connectivity index (χ0v) is 17.7. The minimum absolute atomic E-state index is 0.201. The fraction of sp³-hybridized carbons (Fsp3) is 0.200. The van der Waals surface area contributed by atoms with E-state index < -0.39 is 6.17 Å². The van der Waals surface area contributed by atoms with Gasteiger partial charge in [0.1, 0.15) is 6.17 Å². The topological polar surface area (TPSA) is 64.7 Å². The Morgan fingerprint density at radius 3 is 2.35 bits per heavy atom. The maximum Gasteiger partial charge on any atom is 0.276 e. The number of anilines is 2. The lowest BCUT2D eigenvalue weighted by molar-refractivity contribution is -0.125. The van der Waals surface area contributed by atoms with Crippen LogP contribution in [0.1, 0.15) is 34.1 Å². The highest BCUT2D eigenvalue weighted by Gasteiger charge is 2.34. The number of nitrogens with one attached hydrogen (secondary N) is 2. The molecule has 0 saturated heterocycles. The minimum Gasteiger partial charge on any atom is -0.378 e. The van der Waals surface area contributed by atoms with E-state index in [0.29, 0.717) is 18.4 Å². The minimum atomic E-state index is -0.501. The number of nitrogens with zero attached hydrogens (tertiary/aromatic N) is 2. The second-order valence-corrected chi connectivity index (χ2v) is 7.77. The monoisotopic (exact) mass is 414 g/mol. The van der Waals surface area contributed by atoms with Crippen LogP contribution in [0.4, 0.5) is 11.4 Å². The average Bonchev–Trinajstić information content (AvgIpc) is 2.80. The fourth-order valence-corrected chi connectivity index (χ4v) is 3.65. The molecule has 2 N–H and O–H groups in total. The molecule has 6 nitrogen and oxygen atoms in total. The van der Waals surface area contributed by atoms with Crippen LogP contribution in [0.3, 0.4) is 0 Å². The molecule has 1 aliphatic heterocycles. The molecule has 1 heterocycles. The van der Waals surface area contributed by atoms with Crippen molar-refractivity contribution >= 4 is 23.2 Å². The van der Waals surface area contributed by atoms with Gasteiger partial charge in [0, 0.05) is 31.9 Å². The Balaban J connectivity index is 1.57. The first kappa shape index (κ1) is 20.5. The first-order valence-electron chi connectivity index (χ1n) is 10.3. The molecule has 158 valence electrons. The third-order valence-corrected chi connectivity index (χ3v) is 5.38. The van der Waals surface area contributed by atoms with E-state index in [0.717, 1.165) is 22.5 Å². The number of hydrogen-bond donors (Lipinski definition) is 2. The van der Waals surface area contributed by atoms with E-state index >= 15 is 0 Å². The third kappa shape index (κ3) is 4.53. The Morgan fingerprint density at radius 1 is 0.968 bits per heavy atom. The highest BCUT2D eigenvalue weighted by molar-refractivity contribution is 6.02. The molecule has 0 aromatic heterocycles. The predicted molar refractivity (Wildman–Crippen MR) is 123 cm³/mol. The number of benzene rings is 3. The van der Waals surface area contributed by atoms with Gasteiger partial charge >= 0.3 is 0 Å². The van der Waals surface area contributed by atoms with Crippen LogP contribution in [0.5, 0.6) is 0 Å². The molecule has 6 heteroatoms. The van der Waals surface area contributed by atoms with Gasteiger partial charge in [-0.05, 0) is 41.8 Å². The molecule has 0 fully saturated rings. The van der Waals surface area contributed by atoms with E-state index in [2.05, 4.69) is 10.7 Å². The van der Waals surface area contributed by atoms with Crippen molar-refractivity contribution in [3.8, 4) is 0 Å². The van der Waals surface area contributed by atoms with E-state index in [1.54, 1.807) is 6.07 Å². The molecule has 1 unspecified atom stereocenters. The van der Waals surface area contributed by atoms with Crippen molar-refractivity contribution in [1.29, 1.82) is 0 Å². The molecule has 4 rings (SSSR count). The highest BCUT2D eigenvalue weighted by Crippen LogP contribution is 2.32. The maximum absolute atomic E-state index is 13.2. The molecule has 0 saturated carbocycles. The number of amides is 2. The molecular formula is C25H26N4O2. The molecule has 0 bridgehead atoms. The first-order valence-corrected chi connectivity index (χ1v) is 10.3. The number of rotatable bonds is 6. The van der Waals surface area contributed by atoms with Gasteiger partial charge in [-0.15, -0.1) is 0 Å². The second kappa shape index (κ2) is 8.92. The fourth-order valence-electron chi connectivity index (χ4n) is 3.65. The summed E-state index contributed by atoms with van der Waals surface area (Å²) in [5.74, 6) is -0.433. The normalized spacial score (nSPS) is 15.1. The first-order chi connectivity index (χ1) is 15.0. The maximum atomic E-state index is 13.2. The summed E-state index contributed by atoms with van der Waals surface area (Å²) in [6.45, 7) is 0. The van der Waals surface area contributed by atoms with E-state index in [4.69, 9.17) is 0 Å². The van der Waals surface area contributed by atoms with Crippen LogP contribution >= 0.6 is 0 Å². The molecule has 1 atom stereocenters. The lowest BCUT2D eigenvalue weighted by Crippen LogP contribution is -2.52. The largest absolute Gasteiger partial charge is 0.378 e. The Hall–Kier alpha value is -3.80. The molecule has 0 aliphatic carbocycles. The Kier molecular flexibility index (Phi) is 5.89. The second-order valence-electron chi connectivity index (χ2n) is 7.77. The van der Waals surface area contributed by atoms with E-state index in [-0.39, 0.29) is 11.8 Å². The van der Waals surface area contributed by atoms with Crippen LogP contribution in [-0.4, -0.2) is 30.9 Å². The molecular weight excluding hydrogens is 388 g/mol. The van der Waals surface area contributed by atoms with Crippen molar-refractivity contribution in [3.05, 3.63) is 95.6 Å². The summed E-state index contributed by atoms with van der Waals surface area (Å²) in [4.78, 5) is 28.0. The highest BCUT2D eigenvalue weighted by atomic mass is 16.2. The number of hydrazine groups is 1. The van der Waals surface area contributed by atoms with E-state index in [1.807, 2.05) is 91.8 Å². The van der Waals surface area contributed by atoms with Crippen LogP contribution < -0.4 is 15.6 Å². The van der Waals surface area contributed by atoms with Gasteiger partial charge in [0.2, 0.25) is 5.91 Å². The Labute approximate surface area is 182 Å². The van der Waals surface area contributed by atoms with Crippen molar-refractivity contribution in [2.45, 2.75) is 19.0 Å². The summed E-state index contributed by atoms with van der Waals surface area (Å²) < 4.78 is 0. The molecule has 0 spiro atoms. The zero-order chi connectivity index (χ0) is 21.8. The van der Waals surface area contributed by atoms with Gasteiger partial charge in [-0.2, -0.15) is 0 Å². The third-order valence-electron chi connectivity index (χ3n) is 5.38. The summed E-state index contributed by atoms with van der Waals surface area (Å²) in [6, 6.07) is 25.1. The summed E-state index contributed by atoms with van der Waals surface area (Å²) in [5.41, 5.74) is 7.16. The van der Waals surface area contributed by atoms with Gasteiger partial charge in [-0.25, -0.2) is 5.01 Å². The van der Waals surface area contributed by atoms with Crippen molar-refractivity contribution in [2.75, 3.05) is 24.3 Å². The Bertz CT molecular complexity index is 1060. The zero-order valence-electron chi connectivity index (χ0n) is 17.7. The van der Waals surface area contributed by atoms with Crippen molar-refractivity contribution in [2.24, 2.45) is 0 Å². The molecule has 0 radical (unpaired) electrons. The number of carbonyl (C=O) groups excluding carboxylic acids is 2. The summed E-state index contributed by atoms with van der Waals surface area (Å²) in [6.07, 6.45) is 0.405. The number of hydrogen-bond acceptors (Lipinski definition) is 4. The molecule has 2 amide bonds. The number of aryl methyl sites for hydroxylation is 1. The van der Waals surface area contributed by atoms with E-state index in [9.17, 15) is 9.59 Å². The van der Waals surface area contributed by atoms with Crippen molar-refractivity contribution in [3.63, 3.8) is 0 Å². The van der Waals surface area contributed by atoms with Gasteiger partial charge in [0.25, 0.3) is 5.91 Å². The van der Waals surface area contributed by atoms with Crippen LogP contribution in [0, 0.1) is 0 Å². The van der Waals surface area contributed by atoms with E-state index in [1.165, 1.54) is 5.01 Å². The predicted octanol–water partition coefficient (Wildman–Crippen LogP) is 3.98. The molecule has 3 aromatic carbocycles. The quantitative estimate of drug-likeness (QED) is 0.640. The Morgan fingerprint density at radius 2 is 1.65 bits per heavy atom. The summed E-state index contributed by atoms with van der Waals surface area (Å²) >= 11 is 0. The standard InChI is InChI=1S/C25H26N4O2/c1-28(2)20-15-13-19(14-16-20)24-26-22-11-7-6-10-21(22)25(31)29(24)27-23(30)17-12-18-8-4-3-5-9-18/h3-11,13-16,24,26H,12,17H2,1-2H3,(H,27,30). The summed E-state index contributed by atoms with van der Waals surface area (Å²) in [5, 5.41) is 4.80. The van der Waals surface area contributed by atoms with Gasteiger partial charge in [-0.1, -0.05) is 54.6 Å². The van der Waals surface area contributed by atoms with Crippen molar-refractivity contribution in [1.82, 2.24) is 10.4 Å². The van der Waals surface area contributed by atoms with Crippen molar-refractivity contribution < 1.29 is 9.59 Å². The number of fused-ring (bicyclic) bond motifs is 1. The summed E-state index contributed by atoms with van der Waals surface area (Å²) in [7, 11) is 3.96. The molecule has 3 aromatic rings. The van der Waals surface area contributed by atoms with Gasteiger partial charge in [0.15, 0.2) is 0 Å². The van der Waals surface area contributed by atoms with Crippen LogP contribution in [-0.2, 0) is 11.2 Å². The molecule has 31 heavy (non-hydrogen) atoms. The van der Waals surface area contributed by atoms with Crippen LogP contribution in [0.25, 0.3) is 0 Å². The smallest absolute Gasteiger partial charge is 0.276 e.